The summed E-state index contributed by atoms with van der Waals surface area (Å²) in [7, 11) is 0. The third-order valence-electron chi connectivity index (χ3n) is 4.56. The molecule has 0 atom stereocenters. The van der Waals surface area contributed by atoms with E-state index in [9.17, 15) is 18.8 Å². The molecule has 2 amide bonds. The van der Waals surface area contributed by atoms with Crippen molar-refractivity contribution in [2.75, 3.05) is 18.1 Å². The fraction of sp³-hybridized carbons (Fsp3) is 0.227. The molecule has 2 N–H and O–H groups in total. The highest BCUT2D eigenvalue weighted by Crippen LogP contribution is 2.16. The number of benzene rings is 1. The van der Waals surface area contributed by atoms with Gasteiger partial charge in [-0.05, 0) is 56.3 Å². The molecule has 0 saturated carbocycles. The number of carbonyl (C=O) groups is 3. The smallest absolute Gasteiger partial charge is 0.340 e. The van der Waals surface area contributed by atoms with Gasteiger partial charge in [-0.25, -0.2) is 18.9 Å². The van der Waals surface area contributed by atoms with Crippen molar-refractivity contribution in [2.24, 2.45) is 5.73 Å². The van der Waals surface area contributed by atoms with Crippen molar-refractivity contribution in [3.05, 3.63) is 71.4 Å². The minimum atomic E-state index is -0.736. The van der Waals surface area contributed by atoms with Crippen LogP contribution >= 0.6 is 0 Å². The summed E-state index contributed by atoms with van der Waals surface area (Å²) in [6.07, 6.45) is 1.23. The summed E-state index contributed by atoms with van der Waals surface area (Å²) < 4.78 is 20.0. The number of hydrogen-bond acceptors (Lipinski definition) is 6. The van der Waals surface area contributed by atoms with Crippen LogP contribution in [0, 0.1) is 19.7 Å². The molecule has 0 aliphatic heterocycles. The van der Waals surface area contributed by atoms with Crippen LogP contribution in [-0.2, 0) is 14.3 Å². The van der Waals surface area contributed by atoms with E-state index in [1.807, 2.05) is 19.9 Å². The number of aromatic nitrogens is 3. The second kappa shape index (κ2) is 9.82. The van der Waals surface area contributed by atoms with Gasteiger partial charge < -0.3 is 15.4 Å². The highest BCUT2D eigenvalue weighted by molar-refractivity contribution is 5.97. The van der Waals surface area contributed by atoms with Gasteiger partial charge in [-0.1, -0.05) is 0 Å². The van der Waals surface area contributed by atoms with Crippen molar-refractivity contribution in [3.8, 4) is 5.82 Å². The van der Waals surface area contributed by atoms with Crippen LogP contribution in [0.5, 0.6) is 0 Å². The molecule has 0 spiro atoms. The van der Waals surface area contributed by atoms with E-state index < -0.39 is 30.2 Å². The van der Waals surface area contributed by atoms with E-state index in [-0.39, 0.29) is 18.5 Å². The van der Waals surface area contributed by atoms with E-state index in [0.717, 1.165) is 11.4 Å². The Kier molecular flexibility index (Phi) is 6.93. The lowest BCUT2D eigenvalue weighted by molar-refractivity contribution is -0.121. The SMILES string of the molecule is Cc1cc(C)n(-c2ccc(C(=O)OCC(=O)N(CCC(N)=O)c3ccc(F)cc3)cn2)n1. The van der Waals surface area contributed by atoms with E-state index in [1.165, 1.54) is 41.4 Å². The fourth-order valence-corrected chi connectivity index (χ4v) is 3.02. The molecule has 166 valence electrons. The summed E-state index contributed by atoms with van der Waals surface area (Å²) >= 11 is 0. The molecular weight excluding hydrogens is 417 g/mol. The van der Waals surface area contributed by atoms with Crippen LogP contribution in [-0.4, -0.2) is 45.7 Å². The van der Waals surface area contributed by atoms with Crippen molar-refractivity contribution >= 4 is 23.5 Å². The van der Waals surface area contributed by atoms with Crippen LogP contribution in [0.15, 0.2) is 48.7 Å². The highest BCUT2D eigenvalue weighted by atomic mass is 19.1. The summed E-state index contributed by atoms with van der Waals surface area (Å²) in [6, 6.07) is 10.2. The van der Waals surface area contributed by atoms with E-state index >= 15 is 0 Å². The highest BCUT2D eigenvalue weighted by Gasteiger charge is 2.19. The van der Waals surface area contributed by atoms with Gasteiger partial charge in [0.05, 0.1) is 11.3 Å². The minimum absolute atomic E-state index is 0.0315. The molecule has 32 heavy (non-hydrogen) atoms. The number of rotatable bonds is 8. The first-order valence-corrected chi connectivity index (χ1v) is 9.75. The Bertz CT molecular complexity index is 1130. The summed E-state index contributed by atoms with van der Waals surface area (Å²) in [5.74, 6) is -1.86. The Morgan fingerprint density at radius 3 is 2.41 bits per heavy atom. The molecule has 3 aromatic rings. The normalized spacial score (nSPS) is 10.6. The number of ether oxygens (including phenoxy) is 1. The summed E-state index contributed by atoms with van der Waals surface area (Å²) in [6.45, 7) is 3.15. The topological polar surface area (TPSA) is 120 Å². The lowest BCUT2D eigenvalue weighted by atomic mass is 10.2. The lowest BCUT2D eigenvalue weighted by Gasteiger charge is -2.22. The molecule has 3 rings (SSSR count). The predicted molar refractivity (Wildman–Crippen MR) is 114 cm³/mol. The largest absolute Gasteiger partial charge is 0.452 e. The van der Waals surface area contributed by atoms with Crippen LogP contribution in [0.3, 0.4) is 0 Å². The standard InChI is InChI=1S/C22H22FN5O4/c1-14-11-15(2)28(26-14)20-8-3-16(12-25-20)22(31)32-13-21(30)27(10-9-19(24)29)18-6-4-17(23)5-7-18/h3-8,11-12H,9-10,13H2,1-2H3,(H2,24,29). The van der Waals surface area contributed by atoms with Gasteiger partial charge in [0.2, 0.25) is 5.91 Å². The number of amides is 2. The van der Waals surface area contributed by atoms with Crippen molar-refractivity contribution in [3.63, 3.8) is 0 Å². The van der Waals surface area contributed by atoms with Gasteiger partial charge in [0.15, 0.2) is 12.4 Å². The Hall–Kier alpha value is -4.08. The molecule has 0 aliphatic carbocycles. The number of anilines is 1. The number of halogens is 1. The predicted octanol–water partition coefficient (Wildman–Crippen LogP) is 2.09. The molecular formula is C22H22FN5O4. The molecule has 0 radical (unpaired) electrons. The Balaban J connectivity index is 1.66. The fourth-order valence-electron chi connectivity index (χ4n) is 3.02. The molecule has 9 nitrogen and oxygen atoms in total. The van der Waals surface area contributed by atoms with Gasteiger partial charge >= 0.3 is 5.97 Å². The molecule has 0 fully saturated rings. The number of carbonyl (C=O) groups excluding carboxylic acids is 3. The minimum Gasteiger partial charge on any atom is -0.452 e. The molecule has 1 aromatic carbocycles. The van der Waals surface area contributed by atoms with Gasteiger partial charge in [-0.2, -0.15) is 5.10 Å². The average Bonchev–Trinajstić information content (AvgIpc) is 3.11. The molecule has 0 aliphatic rings. The van der Waals surface area contributed by atoms with Crippen molar-refractivity contribution in [1.29, 1.82) is 0 Å². The Labute approximate surface area is 183 Å². The molecule has 0 bridgehead atoms. The van der Waals surface area contributed by atoms with Gasteiger partial charge in [0, 0.05) is 30.5 Å². The second-order valence-corrected chi connectivity index (χ2v) is 7.06. The number of pyridine rings is 1. The third kappa shape index (κ3) is 5.54. The van der Waals surface area contributed by atoms with Crippen LogP contribution in [0.2, 0.25) is 0 Å². The molecule has 2 aromatic heterocycles. The first kappa shape index (κ1) is 22.6. The van der Waals surface area contributed by atoms with Crippen molar-refractivity contribution < 1.29 is 23.5 Å². The third-order valence-corrected chi connectivity index (χ3v) is 4.56. The number of primary amides is 1. The number of hydrogen-bond donors (Lipinski definition) is 1. The maximum Gasteiger partial charge on any atom is 0.340 e. The maximum atomic E-state index is 13.2. The Morgan fingerprint density at radius 2 is 1.84 bits per heavy atom. The molecule has 0 saturated heterocycles. The monoisotopic (exact) mass is 439 g/mol. The van der Waals surface area contributed by atoms with E-state index in [0.29, 0.717) is 11.5 Å². The zero-order valence-corrected chi connectivity index (χ0v) is 17.6. The van der Waals surface area contributed by atoms with E-state index in [2.05, 4.69) is 10.1 Å². The first-order valence-electron chi connectivity index (χ1n) is 9.75. The number of esters is 1. The van der Waals surface area contributed by atoms with E-state index in [4.69, 9.17) is 10.5 Å². The Morgan fingerprint density at radius 1 is 1.12 bits per heavy atom. The van der Waals surface area contributed by atoms with Gasteiger partial charge in [0.25, 0.3) is 5.91 Å². The number of aryl methyl sites for hydroxylation is 2. The van der Waals surface area contributed by atoms with Crippen molar-refractivity contribution in [1.82, 2.24) is 14.8 Å². The molecule has 2 heterocycles. The number of nitrogens with zero attached hydrogens (tertiary/aromatic N) is 4. The summed E-state index contributed by atoms with van der Waals surface area (Å²) in [5.41, 5.74) is 7.42. The average molecular weight is 439 g/mol. The maximum absolute atomic E-state index is 13.2. The molecule has 0 unspecified atom stereocenters. The number of nitrogens with two attached hydrogens (primary N) is 1. The van der Waals surface area contributed by atoms with Crippen molar-refractivity contribution in [2.45, 2.75) is 20.3 Å². The van der Waals surface area contributed by atoms with Gasteiger partial charge in [-0.3, -0.25) is 9.59 Å². The van der Waals surface area contributed by atoms with Gasteiger partial charge in [-0.15, -0.1) is 0 Å². The quantitative estimate of drug-likeness (QED) is 0.537. The zero-order chi connectivity index (χ0) is 23.3. The van der Waals surface area contributed by atoms with E-state index in [1.54, 1.807) is 10.7 Å². The zero-order valence-electron chi connectivity index (χ0n) is 17.6. The van der Waals surface area contributed by atoms with Crippen LogP contribution in [0.25, 0.3) is 5.82 Å². The lowest BCUT2D eigenvalue weighted by Crippen LogP contribution is -2.37. The van der Waals surface area contributed by atoms with Gasteiger partial charge in [0.1, 0.15) is 5.82 Å². The van der Waals surface area contributed by atoms with Crippen LogP contribution in [0.1, 0.15) is 28.2 Å². The first-order chi connectivity index (χ1) is 15.2. The second-order valence-electron chi connectivity index (χ2n) is 7.06. The summed E-state index contributed by atoms with van der Waals surface area (Å²) in [4.78, 5) is 41.6. The van der Waals surface area contributed by atoms with Crippen LogP contribution in [0.4, 0.5) is 10.1 Å². The van der Waals surface area contributed by atoms with Crippen LogP contribution < -0.4 is 10.6 Å². The molecule has 10 heteroatoms. The summed E-state index contributed by atoms with van der Waals surface area (Å²) in [5, 5.41) is 4.33.